The van der Waals surface area contributed by atoms with E-state index in [1.807, 2.05) is 24.3 Å². The minimum Gasteiger partial charge on any atom is -0.497 e. The van der Waals surface area contributed by atoms with Gasteiger partial charge in [-0.3, -0.25) is 9.59 Å². The quantitative estimate of drug-likeness (QED) is 0.342. The Labute approximate surface area is 210 Å². The third-order valence-corrected chi connectivity index (χ3v) is 5.94. The zero-order chi connectivity index (χ0) is 25.5. The van der Waals surface area contributed by atoms with Crippen molar-refractivity contribution in [2.45, 2.75) is 39.4 Å². The number of hydrogen-bond acceptors (Lipinski definition) is 6. The lowest BCUT2D eigenvalue weighted by Gasteiger charge is -2.31. The van der Waals surface area contributed by atoms with Gasteiger partial charge in [0.1, 0.15) is 29.6 Å². The van der Waals surface area contributed by atoms with E-state index in [0.717, 1.165) is 11.9 Å². The van der Waals surface area contributed by atoms with E-state index in [2.05, 4.69) is 29.5 Å². The maximum absolute atomic E-state index is 13.8. The summed E-state index contributed by atoms with van der Waals surface area (Å²) in [5.74, 6) is 1.12. The van der Waals surface area contributed by atoms with Crippen molar-refractivity contribution in [3.8, 4) is 5.75 Å². The number of ether oxygens (including phenoxy) is 1. The Morgan fingerprint density at radius 3 is 2.56 bits per heavy atom. The molecule has 9 heteroatoms. The van der Waals surface area contributed by atoms with Crippen LogP contribution >= 0.6 is 0 Å². The van der Waals surface area contributed by atoms with E-state index in [1.165, 1.54) is 4.90 Å². The SMILES string of the molecule is COc1ccc(C(C(=O)NCCC(C)C)N(Cc2ccco2)C(=O)Cn2nnc3ccccc32)cc1. The standard InChI is InChI=1S/C27H31N5O4/c1-19(2)14-15-28-27(34)26(20-10-12-21(35-3)13-11-20)31(17-22-7-6-16-36-22)25(33)18-32-24-9-5-4-8-23(24)29-30-32/h4-13,16,19,26H,14-15,17-18H2,1-3H3,(H,28,34). The number of fused-ring (bicyclic) bond motifs is 1. The van der Waals surface area contributed by atoms with Crippen molar-refractivity contribution in [3.05, 3.63) is 78.3 Å². The monoisotopic (exact) mass is 489 g/mol. The first-order valence-electron chi connectivity index (χ1n) is 12.0. The van der Waals surface area contributed by atoms with E-state index < -0.39 is 6.04 Å². The van der Waals surface area contributed by atoms with Crippen LogP contribution in [0.4, 0.5) is 0 Å². The van der Waals surface area contributed by atoms with Gasteiger partial charge in [0.05, 0.1) is 25.4 Å². The van der Waals surface area contributed by atoms with Gasteiger partial charge in [0.25, 0.3) is 0 Å². The number of benzene rings is 2. The first kappa shape index (κ1) is 25.0. The van der Waals surface area contributed by atoms with Gasteiger partial charge in [-0.05, 0) is 54.3 Å². The highest BCUT2D eigenvalue weighted by Gasteiger charge is 2.32. The molecular weight excluding hydrogens is 458 g/mol. The summed E-state index contributed by atoms with van der Waals surface area (Å²) >= 11 is 0. The summed E-state index contributed by atoms with van der Waals surface area (Å²) in [5.41, 5.74) is 2.10. The lowest BCUT2D eigenvalue weighted by molar-refractivity contribution is -0.142. The minimum atomic E-state index is -0.879. The minimum absolute atomic E-state index is 0.0762. The van der Waals surface area contributed by atoms with Crippen molar-refractivity contribution < 1.29 is 18.7 Å². The van der Waals surface area contributed by atoms with Gasteiger partial charge in [-0.1, -0.05) is 43.3 Å². The lowest BCUT2D eigenvalue weighted by atomic mass is 10.0. The maximum atomic E-state index is 13.8. The van der Waals surface area contributed by atoms with E-state index in [1.54, 1.807) is 54.5 Å². The van der Waals surface area contributed by atoms with E-state index >= 15 is 0 Å². The highest BCUT2D eigenvalue weighted by Crippen LogP contribution is 2.27. The number of nitrogens with one attached hydrogen (secondary N) is 1. The van der Waals surface area contributed by atoms with Crippen LogP contribution in [0.5, 0.6) is 5.75 Å². The first-order chi connectivity index (χ1) is 17.5. The molecule has 4 rings (SSSR count). The topological polar surface area (TPSA) is 102 Å². The number of nitrogens with zero attached hydrogens (tertiary/aromatic N) is 4. The molecule has 0 radical (unpaired) electrons. The summed E-state index contributed by atoms with van der Waals surface area (Å²) in [4.78, 5) is 28.9. The number of aromatic nitrogens is 3. The number of carbonyl (C=O) groups is 2. The van der Waals surface area contributed by atoms with Gasteiger partial charge in [-0.25, -0.2) is 4.68 Å². The molecule has 188 valence electrons. The smallest absolute Gasteiger partial charge is 0.247 e. The normalized spacial score (nSPS) is 12.0. The largest absolute Gasteiger partial charge is 0.497 e. The average molecular weight is 490 g/mol. The van der Waals surface area contributed by atoms with Crippen LogP contribution in [0.15, 0.2) is 71.3 Å². The zero-order valence-electron chi connectivity index (χ0n) is 20.8. The van der Waals surface area contributed by atoms with Gasteiger partial charge in [-0.2, -0.15) is 0 Å². The van der Waals surface area contributed by atoms with Crippen LogP contribution in [0.3, 0.4) is 0 Å². The Morgan fingerprint density at radius 1 is 1.08 bits per heavy atom. The molecule has 0 saturated heterocycles. The molecule has 2 aromatic heterocycles. The van der Waals surface area contributed by atoms with Gasteiger partial charge in [-0.15, -0.1) is 5.10 Å². The van der Waals surface area contributed by atoms with Crippen molar-refractivity contribution in [1.29, 1.82) is 0 Å². The number of amides is 2. The van der Waals surface area contributed by atoms with Crippen LogP contribution in [0.1, 0.15) is 37.6 Å². The van der Waals surface area contributed by atoms with Crippen molar-refractivity contribution >= 4 is 22.8 Å². The van der Waals surface area contributed by atoms with Crippen molar-refractivity contribution in [3.63, 3.8) is 0 Å². The van der Waals surface area contributed by atoms with Gasteiger partial charge in [0.2, 0.25) is 11.8 Å². The average Bonchev–Trinajstić information content (AvgIpc) is 3.54. The first-order valence-corrected chi connectivity index (χ1v) is 12.0. The van der Waals surface area contributed by atoms with Crippen LogP contribution in [-0.4, -0.2) is 45.4 Å². The number of carbonyl (C=O) groups excluding carboxylic acids is 2. The maximum Gasteiger partial charge on any atom is 0.247 e. The Morgan fingerprint density at radius 2 is 1.86 bits per heavy atom. The number of rotatable bonds is 11. The Bertz CT molecular complexity index is 1280. The fourth-order valence-electron chi connectivity index (χ4n) is 3.99. The molecular formula is C27H31N5O4. The molecule has 0 bridgehead atoms. The van der Waals surface area contributed by atoms with Crippen molar-refractivity contribution in [1.82, 2.24) is 25.2 Å². The molecule has 0 saturated carbocycles. The Hall–Kier alpha value is -4.14. The second-order valence-electron chi connectivity index (χ2n) is 8.99. The van der Waals surface area contributed by atoms with Crippen molar-refractivity contribution in [2.24, 2.45) is 5.92 Å². The predicted octanol–water partition coefficient (Wildman–Crippen LogP) is 3.97. The highest BCUT2D eigenvalue weighted by atomic mass is 16.5. The van der Waals surface area contributed by atoms with Crippen LogP contribution in [0.25, 0.3) is 11.0 Å². The zero-order valence-corrected chi connectivity index (χ0v) is 20.8. The fraction of sp³-hybridized carbons (Fsp3) is 0.333. The summed E-state index contributed by atoms with van der Waals surface area (Å²) in [7, 11) is 1.58. The number of para-hydroxylation sites is 1. The van der Waals surface area contributed by atoms with E-state index in [9.17, 15) is 9.59 Å². The van der Waals surface area contributed by atoms with Gasteiger partial charge in [0.15, 0.2) is 0 Å². The number of hydrogen-bond donors (Lipinski definition) is 1. The van der Waals surface area contributed by atoms with Crippen LogP contribution in [-0.2, 0) is 22.7 Å². The number of furan rings is 1. The molecule has 36 heavy (non-hydrogen) atoms. The summed E-state index contributed by atoms with van der Waals surface area (Å²) < 4.78 is 12.4. The molecule has 0 aliphatic rings. The van der Waals surface area contributed by atoms with E-state index in [4.69, 9.17) is 9.15 Å². The predicted molar refractivity (Wildman–Crippen MR) is 135 cm³/mol. The Kier molecular flexibility index (Phi) is 7.99. The summed E-state index contributed by atoms with van der Waals surface area (Å²) in [5, 5.41) is 11.3. The summed E-state index contributed by atoms with van der Waals surface area (Å²) in [6.45, 7) is 4.75. The number of methoxy groups -OCH3 is 1. The fourth-order valence-corrected chi connectivity index (χ4v) is 3.99. The van der Waals surface area contributed by atoms with Crippen LogP contribution in [0, 0.1) is 5.92 Å². The molecule has 9 nitrogen and oxygen atoms in total. The molecule has 1 atom stereocenters. The molecule has 4 aromatic rings. The third-order valence-electron chi connectivity index (χ3n) is 5.94. The van der Waals surface area contributed by atoms with Crippen LogP contribution in [0.2, 0.25) is 0 Å². The van der Waals surface area contributed by atoms with Crippen molar-refractivity contribution in [2.75, 3.05) is 13.7 Å². The molecule has 2 heterocycles. The molecule has 0 aliphatic heterocycles. The summed E-state index contributed by atoms with van der Waals surface area (Å²) in [6.07, 6.45) is 2.38. The molecule has 0 spiro atoms. The highest BCUT2D eigenvalue weighted by molar-refractivity contribution is 5.89. The molecule has 1 N–H and O–H groups in total. The van der Waals surface area contributed by atoms with Gasteiger partial charge in [0, 0.05) is 6.54 Å². The summed E-state index contributed by atoms with van der Waals surface area (Å²) in [6, 6.07) is 17.3. The van der Waals surface area contributed by atoms with Gasteiger partial charge >= 0.3 is 0 Å². The molecule has 2 aromatic carbocycles. The second kappa shape index (κ2) is 11.5. The molecule has 2 amide bonds. The lowest BCUT2D eigenvalue weighted by Crippen LogP contribution is -2.45. The molecule has 0 aliphatic carbocycles. The van der Waals surface area contributed by atoms with Gasteiger partial charge < -0.3 is 19.4 Å². The van der Waals surface area contributed by atoms with Crippen LogP contribution < -0.4 is 10.1 Å². The second-order valence-corrected chi connectivity index (χ2v) is 8.99. The molecule has 1 unspecified atom stereocenters. The van der Waals surface area contributed by atoms with E-state index in [0.29, 0.717) is 35.1 Å². The van der Waals surface area contributed by atoms with E-state index in [-0.39, 0.29) is 24.9 Å². The third kappa shape index (κ3) is 5.91. The Balaban J connectivity index is 1.69. The molecule has 0 fully saturated rings.